The summed E-state index contributed by atoms with van der Waals surface area (Å²) in [5.41, 5.74) is 18.3. The van der Waals surface area contributed by atoms with E-state index in [1.54, 1.807) is 0 Å². The molecule has 0 amide bonds. The van der Waals surface area contributed by atoms with Crippen LogP contribution in [0, 0.1) is 0 Å². The first-order valence-electron chi connectivity index (χ1n) is 22.6. The topological polar surface area (TPSA) is 14.8 Å². The second-order valence-corrected chi connectivity index (χ2v) is 17.4. The Labute approximate surface area is 377 Å². The number of rotatable bonds is 8. The maximum atomic E-state index is 2.49. The van der Waals surface area contributed by atoms with Crippen LogP contribution in [0.3, 0.4) is 0 Å². The molecule has 0 saturated heterocycles. The molecular weight excluding hydrogens is 787 g/mol. The number of para-hydroxylation sites is 3. The van der Waals surface area contributed by atoms with E-state index < -0.39 is 0 Å². The number of nitrogens with zero attached hydrogens (tertiary/aromatic N) is 3. The second-order valence-electron chi connectivity index (χ2n) is 17.4. The molecule has 3 aromatic heterocycles. The minimum absolute atomic E-state index is 0.883. The highest BCUT2D eigenvalue weighted by molar-refractivity contribution is 6.14. The number of fused-ring (bicyclic) bond motifs is 9. The van der Waals surface area contributed by atoms with E-state index in [0.29, 0.717) is 0 Å². The van der Waals surface area contributed by atoms with Gasteiger partial charge in [0.05, 0.1) is 33.1 Å². The molecular formula is C62H43N3. The summed E-state index contributed by atoms with van der Waals surface area (Å²) in [6.45, 7) is 0. The fourth-order valence-corrected chi connectivity index (χ4v) is 10.5. The van der Waals surface area contributed by atoms with Crippen molar-refractivity contribution in [2.75, 3.05) is 0 Å². The van der Waals surface area contributed by atoms with Crippen LogP contribution in [0.2, 0.25) is 0 Å². The summed E-state index contributed by atoms with van der Waals surface area (Å²) in [6.07, 6.45) is 1.78. The number of hydrogen-bond acceptors (Lipinski definition) is 0. The standard InChI is InChI=1S/C62H43N3/c1-5-15-42(16-6-1)35-44-25-33-58-55(37-44)53-30-27-46(39-60(53)64(58)49-21-11-4-12-22-49)47-28-31-54-56-38-45(36-43-17-7-2-8-18-43)26-34-59(56)65(61(54)40-47)50-29-32-52-51-23-13-14-24-57(51)63(62(52)41-50)48-19-9-3-10-20-48/h1-34,37-41H,35-36H2. The average Bonchev–Trinajstić information content (AvgIpc) is 3.99. The van der Waals surface area contributed by atoms with Crippen LogP contribution in [0.25, 0.3) is 93.6 Å². The second kappa shape index (κ2) is 15.1. The Balaban J connectivity index is 1.02. The third-order valence-electron chi connectivity index (χ3n) is 13.4. The predicted octanol–water partition coefficient (Wildman–Crippen LogP) is 15.8. The van der Waals surface area contributed by atoms with E-state index in [1.807, 2.05) is 0 Å². The molecule has 3 heterocycles. The molecule has 0 spiro atoms. The van der Waals surface area contributed by atoms with Crippen molar-refractivity contribution in [3.63, 3.8) is 0 Å². The third kappa shape index (κ3) is 6.27. The van der Waals surface area contributed by atoms with Crippen LogP contribution >= 0.6 is 0 Å². The Bertz CT molecular complexity index is 3910. The molecule has 0 atom stereocenters. The first-order valence-corrected chi connectivity index (χ1v) is 22.6. The normalized spacial score (nSPS) is 11.8. The Morgan fingerprint density at radius 3 is 1.12 bits per heavy atom. The van der Waals surface area contributed by atoms with Gasteiger partial charge < -0.3 is 13.7 Å². The van der Waals surface area contributed by atoms with Crippen LogP contribution in [0.4, 0.5) is 0 Å². The Morgan fingerprint density at radius 1 is 0.215 bits per heavy atom. The molecule has 10 aromatic carbocycles. The van der Waals surface area contributed by atoms with Crippen LogP contribution in [-0.4, -0.2) is 13.7 Å². The lowest BCUT2D eigenvalue weighted by molar-refractivity contribution is 1.15. The van der Waals surface area contributed by atoms with Crippen molar-refractivity contribution in [3.8, 4) is 28.2 Å². The lowest BCUT2D eigenvalue weighted by Gasteiger charge is -2.12. The van der Waals surface area contributed by atoms with E-state index in [1.165, 1.54) is 98.8 Å². The quantitative estimate of drug-likeness (QED) is 0.145. The van der Waals surface area contributed by atoms with Gasteiger partial charge in [0.1, 0.15) is 0 Å². The zero-order chi connectivity index (χ0) is 42.8. The van der Waals surface area contributed by atoms with E-state index in [9.17, 15) is 0 Å². The van der Waals surface area contributed by atoms with Gasteiger partial charge in [-0.3, -0.25) is 0 Å². The molecule has 306 valence electrons. The highest BCUT2D eigenvalue weighted by Gasteiger charge is 2.19. The van der Waals surface area contributed by atoms with Crippen molar-refractivity contribution in [2.45, 2.75) is 12.8 Å². The lowest BCUT2D eigenvalue weighted by atomic mass is 9.99. The first-order chi connectivity index (χ1) is 32.2. The van der Waals surface area contributed by atoms with Crippen molar-refractivity contribution >= 4 is 65.4 Å². The minimum Gasteiger partial charge on any atom is -0.309 e. The molecule has 3 heteroatoms. The molecule has 0 bridgehead atoms. The van der Waals surface area contributed by atoms with Gasteiger partial charge in [0, 0.05) is 49.4 Å². The van der Waals surface area contributed by atoms with E-state index in [0.717, 1.165) is 29.9 Å². The van der Waals surface area contributed by atoms with Crippen molar-refractivity contribution in [2.24, 2.45) is 0 Å². The fraction of sp³-hybridized carbons (Fsp3) is 0.0323. The van der Waals surface area contributed by atoms with Crippen LogP contribution in [0.1, 0.15) is 22.3 Å². The molecule has 0 fully saturated rings. The summed E-state index contributed by atoms with van der Waals surface area (Å²) < 4.78 is 7.34. The molecule has 0 unspecified atom stereocenters. The Hall–Kier alpha value is -8.40. The minimum atomic E-state index is 0.883. The van der Waals surface area contributed by atoms with Gasteiger partial charge in [0.25, 0.3) is 0 Å². The SMILES string of the molecule is c1ccc(Cc2ccc3c(c2)c2ccc(-c4ccc5c6cc(Cc7ccccc7)ccc6n(-c6ccc7c8ccccc8n(-c8ccccc8)c7c6)c5c4)cc2n3-c2ccccc2)cc1. The third-order valence-corrected chi connectivity index (χ3v) is 13.4. The predicted molar refractivity (Wildman–Crippen MR) is 273 cm³/mol. The van der Waals surface area contributed by atoms with E-state index in [2.05, 4.69) is 250 Å². The van der Waals surface area contributed by atoms with E-state index in [4.69, 9.17) is 0 Å². The van der Waals surface area contributed by atoms with Crippen molar-refractivity contribution < 1.29 is 0 Å². The summed E-state index contributed by atoms with van der Waals surface area (Å²) in [5, 5.41) is 7.53. The van der Waals surface area contributed by atoms with Crippen LogP contribution in [0.5, 0.6) is 0 Å². The molecule has 65 heavy (non-hydrogen) atoms. The molecule has 13 aromatic rings. The molecule has 3 nitrogen and oxygen atoms in total. The van der Waals surface area contributed by atoms with Gasteiger partial charge in [-0.2, -0.15) is 0 Å². The smallest absolute Gasteiger partial charge is 0.0561 e. The summed E-state index contributed by atoms with van der Waals surface area (Å²) in [6, 6.07) is 87.1. The zero-order valence-corrected chi connectivity index (χ0v) is 35.8. The Morgan fingerprint density at radius 2 is 0.600 bits per heavy atom. The lowest BCUT2D eigenvalue weighted by Crippen LogP contribution is -1.97. The summed E-state index contributed by atoms with van der Waals surface area (Å²) in [7, 11) is 0. The number of benzene rings is 10. The average molecular weight is 830 g/mol. The maximum absolute atomic E-state index is 2.49. The Kier molecular flexibility index (Phi) is 8.67. The van der Waals surface area contributed by atoms with Crippen molar-refractivity contribution in [1.29, 1.82) is 0 Å². The van der Waals surface area contributed by atoms with Crippen LogP contribution in [0.15, 0.2) is 237 Å². The van der Waals surface area contributed by atoms with Crippen LogP contribution < -0.4 is 0 Å². The van der Waals surface area contributed by atoms with Gasteiger partial charge in [0.15, 0.2) is 0 Å². The van der Waals surface area contributed by atoms with Gasteiger partial charge in [-0.1, -0.05) is 158 Å². The fourth-order valence-electron chi connectivity index (χ4n) is 10.5. The van der Waals surface area contributed by atoms with E-state index >= 15 is 0 Å². The van der Waals surface area contributed by atoms with Gasteiger partial charge in [-0.15, -0.1) is 0 Å². The van der Waals surface area contributed by atoms with E-state index in [-0.39, 0.29) is 0 Å². The number of aromatic nitrogens is 3. The largest absolute Gasteiger partial charge is 0.309 e. The highest BCUT2D eigenvalue weighted by Crippen LogP contribution is 2.41. The summed E-state index contributed by atoms with van der Waals surface area (Å²) >= 11 is 0. The molecule has 0 aliphatic carbocycles. The van der Waals surface area contributed by atoms with Crippen molar-refractivity contribution in [3.05, 3.63) is 259 Å². The van der Waals surface area contributed by atoms with Crippen molar-refractivity contribution in [1.82, 2.24) is 13.7 Å². The van der Waals surface area contributed by atoms with Gasteiger partial charge >= 0.3 is 0 Å². The monoisotopic (exact) mass is 829 g/mol. The van der Waals surface area contributed by atoms with Gasteiger partial charge in [-0.25, -0.2) is 0 Å². The summed E-state index contributed by atoms with van der Waals surface area (Å²) in [4.78, 5) is 0. The first kappa shape index (κ1) is 37.2. The molecule has 0 saturated carbocycles. The molecule has 13 rings (SSSR count). The highest BCUT2D eigenvalue weighted by atomic mass is 15.0. The van der Waals surface area contributed by atoms with Gasteiger partial charge in [0.2, 0.25) is 0 Å². The molecule has 0 aliphatic rings. The number of hydrogen-bond donors (Lipinski definition) is 0. The maximum Gasteiger partial charge on any atom is 0.0561 e. The van der Waals surface area contributed by atoms with Crippen LogP contribution in [-0.2, 0) is 12.8 Å². The molecule has 0 N–H and O–H groups in total. The zero-order valence-electron chi connectivity index (χ0n) is 35.8. The molecule has 0 radical (unpaired) electrons. The van der Waals surface area contributed by atoms with Gasteiger partial charge in [-0.05, 0) is 125 Å². The molecule has 0 aliphatic heterocycles. The summed E-state index contributed by atoms with van der Waals surface area (Å²) in [5.74, 6) is 0.